The topological polar surface area (TPSA) is 47.4 Å². The van der Waals surface area contributed by atoms with Gasteiger partial charge in [-0.05, 0) is 35.0 Å². The van der Waals surface area contributed by atoms with Crippen molar-refractivity contribution in [3.8, 4) is 5.75 Å². The molecule has 5 nitrogen and oxygen atoms in total. The second kappa shape index (κ2) is 6.52. The number of amides is 1. The van der Waals surface area contributed by atoms with Crippen molar-refractivity contribution in [3.05, 3.63) is 47.2 Å². The van der Waals surface area contributed by atoms with E-state index < -0.39 is 6.10 Å². The molecule has 2 aromatic rings. The minimum Gasteiger partial charge on any atom is -0.481 e. The van der Waals surface area contributed by atoms with Gasteiger partial charge in [0.15, 0.2) is 6.10 Å². The van der Waals surface area contributed by atoms with Crippen LogP contribution in [0.5, 0.6) is 5.75 Å². The highest BCUT2D eigenvalue weighted by atomic mass is 79.9. The molecule has 116 valence electrons. The van der Waals surface area contributed by atoms with Gasteiger partial charge in [-0.1, -0.05) is 18.2 Å². The first-order valence-electron chi connectivity index (χ1n) is 7.30. The van der Waals surface area contributed by atoms with Gasteiger partial charge in [0.05, 0.1) is 10.7 Å². The van der Waals surface area contributed by atoms with E-state index in [9.17, 15) is 4.79 Å². The summed E-state index contributed by atoms with van der Waals surface area (Å²) in [4.78, 5) is 14.1. The molecule has 0 N–H and O–H groups in total. The molecule has 1 unspecified atom stereocenters. The minimum absolute atomic E-state index is 0.0433. The number of para-hydroxylation sites is 1. The van der Waals surface area contributed by atoms with Crippen LogP contribution in [0.25, 0.3) is 0 Å². The van der Waals surface area contributed by atoms with Crippen molar-refractivity contribution in [2.24, 2.45) is 5.92 Å². The van der Waals surface area contributed by atoms with Crippen LogP contribution in [-0.4, -0.2) is 39.8 Å². The van der Waals surface area contributed by atoms with Gasteiger partial charge in [0.1, 0.15) is 5.75 Å². The van der Waals surface area contributed by atoms with E-state index >= 15 is 0 Å². The molecular weight excluding hydrogens is 346 g/mol. The summed E-state index contributed by atoms with van der Waals surface area (Å²) in [6.45, 7) is 4.16. The Bertz CT molecular complexity index is 638. The van der Waals surface area contributed by atoms with Gasteiger partial charge >= 0.3 is 0 Å². The maximum Gasteiger partial charge on any atom is 0.263 e. The van der Waals surface area contributed by atoms with E-state index in [1.54, 1.807) is 13.1 Å². The molecule has 1 aromatic heterocycles. The van der Waals surface area contributed by atoms with Crippen molar-refractivity contribution in [2.75, 3.05) is 13.1 Å². The maximum atomic E-state index is 12.3. The van der Waals surface area contributed by atoms with Crippen LogP contribution in [0.1, 0.15) is 6.92 Å². The number of hydrogen-bond donors (Lipinski definition) is 0. The Morgan fingerprint density at radius 2 is 2.14 bits per heavy atom. The average Bonchev–Trinajstić information content (AvgIpc) is 2.88. The summed E-state index contributed by atoms with van der Waals surface area (Å²) in [6.07, 6.45) is 3.27. The van der Waals surface area contributed by atoms with Gasteiger partial charge in [0.25, 0.3) is 5.91 Å². The van der Waals surface area contributed by atoms with Gasteiger partial charge in [-0.25, -0.2) is 0 Å². The fraction of sp³-hybridized carbons (Fsp3) is 0.375. The Balaban J connectivity index is 1.46. The summed E-state index contributed by atoms with van der Waals surface area (Å²) in [5.41, 5.74) is 0. The molecule has 22 heavy (non-hydrogen) atoms. The van der Waals surface area contributed by atoms with Crippen LogP contribution in [0.2, 0.25) is 0 Å². The molecule has 1 aromatic carbocycles. The minimum atomic E-state index is -0.456. The summed E-state index contributed by atoms with van der Waals surface area (Å²) in [5.74, 6) is 1.23. The molecule has 1 fully saturated rings. The van der Waals surface area contributed by atoms with Crippen LogP contribution in [0.3, 0.4) is 0 Å². The number of rotatable bonds is 5. The Morgan fingerprint density at radius 1 is 1.41 bits per heavy atom. The number of benzene rings is 1. The lowest BCUT2D eigenvalue weighted by Crippen LogP contribution is -2.54. The highest BCUT2D eigenvalue weighted by molar-refractivity contribution is 9.10. The highest BCUT2D eigenvalue weighted by Crippen LogP contribution is 2.21. The molecule has 2 heterocycles. The Hall–Kier alpha value is -1.82. The van der Waals surface area contributed by atoms with Gasteiger partial charge in [-0.3, -0.25) is 9.48 Å². The zero-order valence-corrected chi connectivity index (χ0v) is 13.9. The molecule has 0 spiro atoms. The summed E-state index contributed by atoms with van der Waals surface area (Å²) in [5, 5.41) is 4.24. The summed E-state index contributed by atoms with van der Waals surface area (Å²) < 4.78 is 8.55. The van der Waals surface area contributed by atoms with Crippen LogP contribution in [0.15, 0.2) is 47.2 Å². The van der Waals surface area contributed by atoms with E-state index in [0.717, 1.165) is 29.9 Å². The summed E-state index contributed by atoms with van der Waals surface area (Å²) in [7, 11) is 0. The number of halogens is 1. The molecule has 1 aliphatic heterocycles. The van der Waals surface area contributed by atoms with Crippen LogP contribution < -0.4 is 4.74 Å². The maximum absolute atomic E-state index is 12.3. The molecule has 0 radical (unpaired) electrons. The van der Waals surface area contributed by atoms with E-state index in [1.165, 1.54) is 0 Å². The van der Waals surface area contributed by atoms with Crippen molar-refractivity contribution < 1.29 is 9.53 Å². The second-order valence-electron chi connectivity index (χ2n) is 5.56. The first kappa shape index (κ1) is 15.1. The molecular formula is C16H18BrN3O2. The summed E-state index contributed by atoms with van der Waals surface area (Å²) >= 11 is 3.38. The quantitative estimate of drug-likeness (QED) is 0.819. The van der Waals surface area contributed by atoms with Gasteiger partial charge in [-0.2, -0.15) is 5.10 Å². The van der Waals surface area contributed by atoms with Gasteiger partial charge in [-0.15, -0.1) is 0 Å². The zero-order chi connectivity index (χ0) is 15.5. The Labute approximate surface area is 138 Å². The number of likely N-dealkylation sites (tertiary alicyclic amines) is 1. The third-order valence-corrected chi connectivity index (χ3v) is 4.13. The Morgan fingerprint density at radius 3 is 2.77 bits per heavy atom. The van der Waals surface area contributed by atoms with E-state index in [2.05, 4.69) is 21.0 Å². The van der Waals surface area contributed by atoms with Crippen molar-refractivity contribution in [2.45, 2.75) is 19.6 Å². The standard InChI is InChI=1S/C16H18BrN3O2/c1-12(22-15-5-3-2-4-6-15)16(21)19-8-13(9-19)10-20-11-14(17)7-18-20/h2-7,11-13H,8-10H2,1H3. The fourth-order valence-electron chi connectivity index (χ4n) is 2.58. The number of carbonyl (C=O) groups is 1. The lowest BCUT2D eigenvalue weighted by molar-refractivity contribution is -0.144. The normalized spacial score (nSPS) is 16.2. The largest absolute Gasteiger partial charge is 0.481 e. The van der Waals surface area contributed by atoms with Crippen molar-refractivity contribution in [1.82, 2.24) is 14.7 Å². The molecule has 0 saturated carbocycles. The van der Waals surface area contributed by atoms with Crippen LogP contribution in [-0.2, 0) is 11.3 Å². The number of aromatic nitrogens is 2. The molecule has 1 atom stereocenters. The van der Waals surface area contributed by atoms with E-state index in [0.29, 0.717) is 5.92 Å². The molecule has 0 aliphatic carbocycles. The SMILES string of the molecule is CC(Oc1ccccc1)C(=O)N1CC(Cn2cc(Br)cn2)C1. The van der Waals surface area contributed by atoms with Gasteiger partial charge < -0.3 is 9.64 Å². The third-order valence-electron chi connectivity index (χ3n) is 3.72. The van der Waals surface area contributed by atoms with Crippen molar-refractivity contribution >= 4 is 21.8 Å². The first-order valence-corrected chi connectivity index (χ1v) is 8.09. The Kier molecular flexibility index (Phi) is 4.47. The van der Waals surface area contributed by atoms with E-state index in [1.807, 2.05) is 46.1 Å². The van der Waals surface area contributed by atoms with Crippen LogP contribution >= 0.6 is 15.9 Å². The fourth-order valence-corrected chi connectivity index (χ4v) is 2.91. The third kappa shape index (κ3) is 3.50. The second-order valence-corrected chi connectivity index (χ2v) is 6.48. The molecule has 1 amide bonds. The van der Waals surface area contributed by atoms with Gasteiger partial charge in [0.2, 0.25) is 0 Å². The van der Waals surface area contributed by atoms with Crippen molar-refractivity contribution in [3.63, 3.8) is 0 Å². The smallest absolute Gasteiger partial charge is 0.263 e. The molecule has 1 saturated heterocycles. The molecule has 6 heteroatoms. The highest BCUT2D eigenvalue weighted by Gasteiger charge is 2.34. The number of carbonyl (C=O) groups excluding carboxylic acids is 1. The molecule has 0 bridgehead atoms. The predicted octanol–water partition coefficient (Wildman–Crippen LogP) is 2.57. The lowest BCUT2D eigenvalue weighted by Gasteiger charge is -2.40. The molecule has 3 rings (SSSR count). The number of nitrogens with zero attached hydrogens (tertiary/aromatic N) is 3. The number of hydrogen-bond acceptors (Lipinski definition) is 3. The lowest BCUT2D eigenvalue weighted by atomic mass is 9.99. The zero-order valence-electron chi connectivity index (χ0n) is 12.4. The first-order chi connectivity index (χ1) is 10.6. The average molecular weight is 364 g/mol. The summed E-state index contributed by atoms with van der Waals surface area (Å²) in [6, 6.07) is 9.44. The monoisotopic (exact) mass is 363 g/mol. The van der Waals surface area contributed by atoms with Crippen LogP contribution in [0, 0.1) is 5.92 Å². The predicted molar refractivity (Wildman–Crippen MR) is 86.5 cm³/mol. The van der Waals surface area contributed by atoms with E-state index in [-0.39, 0.29) is 5.91 Å². The molecule has 1 aliphatic rings. The van der Waals surface area contributed by atoms with Crippen LogP contribution in [0.4, 0.5) is 0 Å². The van der Waals surface area contributed by atoms with E-state index in [4.69, 9.17) is 4.74 Å². The van der Waals surface area contributed by atoms with Gasteiger partial charge in [0, 0.05) is 31.7 Å². The van der Waals surface area contributed by atoms with Crippen molar-refractivity contribution in [1.29, 1.82) is 0 Å². The number of ether oxygens (including phenoxy) is 1.